The Kier molecular flexibility index (Phi) is 7.18. The quantitative estimate of drug-likeness (QED) is 0.564. The summed E-state index contributed by atoms with van der Waals surface area (Å²) in [4.78, 5) is 0. The largest absolute Gasteiger partial charge is 0.313 e. The molecular formula is C16H33N. The van der Waals surface area contributed by atoms with Gasteiger partial charge in [0, 0.05) is 6.04 Å². The fraction of sp³-hybridized carbons (Fsp3) is 1.00. The van der Waals surface area contributed by atoms with Crippen LogP contribution in [0, 0.1) is 5.41 Å². The van der Waals surface area contributed by atoms with Gasteiger partial charge in [-0.3, -0.25) is 0 Å². The fourth-order valence-corrected chi connectivity index (χ4v) is 3.57. The summed E-state index contributed by atoms with van der Waals surface area (Å²) in [5.41, 5.74) is 0.642. The Bertz CT molecular complexity index is 182. The lowest BCUT2D eigenvalue weighted by molar-refractivity contribution is 0.173. The van der Waals surface area contributed by atoms with Gasteiger partial charge in [-0.05, 0) is 44.1 Å². The molecule has 102 valence electrons. The van der Waals surface area contributed by atoms with Crippen LogP contribution in [-0.2, 0) is 0 Å². The zero-order valence-corrected chi connectivity index (χ0v) is 12.4. The Morgan fingerprint density at radius 2 is 1.71 bits per heavy atom. The molecule has 1 nitrogen and oxygen atoms in total. The summed E-state index contributed by atoms with van der Waals surface area (Å²) in [6, 6.07) is 0.793. The van der Waals surface area contributed by atoms with Gasteiger partial charge in [-0.25, -0.2) is 0 Å². The monoisotopic (exact) mass is 239 g/mol. The first-order chi connectivity index (χ1) is 8.29. The third-order valence-corrected chi connectivity index (χ3v) is 4.78. The highest BCUT2D eigenvalue weighted by Crippen LogP contribution is 2.45. The van der Waals surface area contributed by atoms with Gasteiger partial charge in [-0.15, -0.1) is 0 Å². The topological polar surface area (TPSA) is 12.0 Å². The van der Waals surface area contributed by atoms with Crippen molar-refractivity contribution in [3.63, 3.8) is 0 Å². The lowest BCUT2D eigenvalue weighted by Gasteiger charge is -2.38. The van der Waals surface area contributed by atoms with Gasteiger partial charge in [0.15, 0.2) is 0 Å². The van der Waals surface area contributed by atoms with E-state index in [1.807, 2.05) is 0 Å². The van der Waals surface area contributed by atoms with E-state index in [9.17, 15) is 0 Å². The van der Waals surface area contributed by atoms with Gasteiger partial charge in [0.05, 0.1) is 0 Å². The molecule has 17 heavy (non-hydrogen) atoms. The lowest BCUT2D eigenvalue weighted by Crippen LogP contribution is -2.44. The average molecular weight is 239 g/mol. The molecule has 1 heteroatoms. The first-order valence-electron chi connectivity index (χ1n) is 8.02. The summed E-state index contributed by atoms with van der Waals surface area (Å²) < 4.78 is 0. The van der Waals surface area contributed by atoms with Crippen molar-refractivity contribution in [2.75, 3.05) is 6.54 Å². The van der Waals surface area contributed by atoms with Crippen LogP contribution in [0.25, 0.3) is 0 Å². The van der Waals surface area contributed by atoms with E-state index in [1.165, 1.54) is 70.8 Å². The van der Waals surface area contributed by atoms with Crippen LogP contribution in [0.4, 0.5) is 0 Å². The standard InChI is InChI=1S/C16H33N/c1-4-7-8-11-15(17-14-5-2)16(6-3)12-9-10-13-16/h15,17H,4-14H2,1-3H3. The third kappa shape index (κ3) is 4.28. The molecule has 1 unspecified atom stereocenters. The van der Waals surface area contributed by atoms with E-state index in [0.29, 0.717) is 5.41 Å². The molecule has 1 saturated carbocycles. The van der Waals surface area contributed by atoms with E-state index in [2.05, 4.69) is 26.1 Å². The molecule has 0 aromatic heterocycles. The van der Waals surface area contributed by atoms with Crippen LogP contribution < -0.4 is 5.32 Å². The number of hydrogen-bond donors (Lipinski definition) is 1. The maximum absolute atomic E-state index is 3.86. The number of unbranched alkanes of at least 4 members (excludes halogenated alkanes) is 2. The summed E-state index contributed by atoms with van der Waals surface area (Å²) in [7, 11) is 0. The molecule has 0 bridgehead atoms. The van der Waals surface area contributed by atoms with E-state index >= 15 is 0 Å². The Hall–Kier alpha value is -0.0400. The molecule has 0 amide bonds. The van der Waals surface area contributed by atoms with Gasteiger partial charge in [0.1, 0.15) is 0 Å². The van der Waals surface area contributed by atoms with Gasteiger partial charge in [0.2, 0.25) is 0 Å². The van der Waals surface area contributed by atoms with Crippen molar-refractivity contribution in [3.8, 4) is 0 Å². The Labute approximate surface area is 109 Å². The molecule has 1 atom stereocenters. The van der Waals surface area contributed by atoms with Gasteiger partial charge in [0.25, 0.3) is 0 Å². The van der Waals surface area contributed by atoms with Crippen LogP contribution in [0.1, 0.15) is 85.0 Å². The molecule has 0 heterocycles. The van der Waals surface area contributed by atoms with Crippen molar-refractivity contribution in [1.29, 1.82) is 0 Å². The van der Waals surface area contributed by atoms with Crippen LogP contribution in [-0.4, -0.2) is 12.6 Å². The average Bonchev–Trinajstić information content (AvgIpc) is 2.83. The Morgan fingerprint density at radius 3 is 2.24 bits per heavy atom. The fourth-order valence-electron chi connectivity index (χ4n) is 3.57. The molecule has 1 rings (SSSR count). The highest BCUT2D eigenvalue weighted by atomic mass is 14.9. The van der Waals surface area contributed by atoms with Crippen molar-refractivity contribution >= 4 is 0 Å². The van der Waals surface area contributed by atoms with Crippen molar-refractivity contribution in [2.45, 2.75) is 91.0 Å². The molecule has 0 radical (unpaired) electrons. The van der Waals surface area contributed by atoms with Gasteiger partial charge >= 0.3 is 0 Å². The van der Waals surface area contributed by atoms with Crippen molar-refractivity contribution in [3.05, 3.63) is 0 Å². The highest BCUT2D eigenvalue weighted by Gasteiger charge is 2.38. The minimum atomic E-state index is 0.642. The number of nitrogens with one attached hydrogen (secondary N) is 1. The zero-order valence-electron chi connectivity index (χ0n) is 12.4. The first kappa shape index (κ1) is 15.0. The second-order valence-electron chi connectivity index (χ2n) is 5.93. The maximum Gasteiger partial charge on any atom is 0.0123 e. The number of hydrogen-bond acceptors (Lipinski definition) is 1. The predicted octanol–water partition coefficient (Wildman–Crippen LogP) is 4.91. The summed E-state index contributed by atoms with van der Waals surface area (Å²) in [5, 5.41) is 3.86. The van der Waals surface area contributed by atoms with E-state index in [1.54, 1.807) is 0 Å². The normalized spacial score (nSPS) is 20.6. The highest BCUT2D eigenvalue weighted by molar-refractivity contribution is 4.93. The maximum atomic E-state index is 3.86. The molecule has 0 aromatic carbocycles. The molecule has 1 aliphatic rings. The Balaban J connectivity index is 2.52. The van der Waals surface area contributed by atoms with E-state index < -0.39 is 0 Å². The van der Waals surface area contributed by atoms with E-state index in [0.717, 1.165) is 6.04 Å². The molecule has 0 saturated heterocycles. The van der Waals surface area contributed by atoms with Crippen molar-refractivity contribution in [2.24, 2.45) is 5.41 Å². The second kappa shape index (κ2) is 8.13. The summed E-state index contributed by atoms with van der Waals surface area (Å²) >= 11 is 0. The zero-order chi connectivity index (χ0) is 12.6. The summed E-state index contributed by atoms with van der Waals surface area (Å²) in [6.07, 6.45) is 14.1. The van der Waals surface area contributed by atoms with Crippen LogP contribution in [0.5, 0.6) is 0 Å². The summed E-state index contributed by atoms with van der Waals surface area (Å²) in [6.45, 7) is 8.20. The van der Waals surface area contributed by atoms with E-state index in [4.69, 9.17) is 0 Å². The van der Waals surface area contributed by atoms with Gasteiger partial charge in [-0.1, -0.05) is 52.9 Å². The predicted molar refractivity (Wildman–Crippen MR) is 77.4 cm³/mol. The van der Waals surface area contributed by atoms with Gasteiger partial charge < -0.3 is 5.32 Å². The van der Waals surface area contributed by atoms with Crippen molar-refractivity contribution in [1.82, 2.24) is 5.32 Å². The molecular weight excluding hydrogens is 206 g/mol. The summed E-state index contributed by atoms with van der Waals surface area (Å²) in [5.74, 6) is 0. The minimum absolute atomic E-state index is 0.642. The van der Waals surface area contributed by atoms with Crippen LogP contribution >= 0.6 is 0 Å². The Morgan fingerprint density at radius 1 is 1.00 bits per heavy atom. The lowest BCUT2D eigenvalue weighted by atomic mass is 9.74. The molecule has 0 aliphatic heterocycles. The van der Waals surface area contributed by atoms with Gasteiger partial charge in [-0.2, -0.15) is 0 Å². The van der Waals surface area contributed by atoms with Crippen LogP contribution in [0.15, 0.2) is 0 Å². The molecule has 1 aliphatic carbocycles. The smallest absolute Gasteiger partial charge is 0.0123 e. The SMILES string of the molecule is CCCCCC(NCCC)C1(CC)CCCC1. The number of rotatable bonds is 9. The molecule has 1 fully saturated rings. The first-order valence-corrected chi connectivity index (χ1v) is 8.02. The van der Waals surface area contributed by atoms with Crippen molar-refractivity contribution < 1.29 is 0 Å². The third-order valence-electron chi connectivity index (χ3n) is 4.78. The molecule has 0 aromatic rings. The van der Waals surface area contributed by atoms with Crippen LogP contribution in [0.2, 0.25) is 0 Å². The van der Waals surface area contributed by atoms with E-state index in [-0.39, 0.29) is 0 Å². The second-order valence-corrected chi connectivity index (χ2v) is 5.93. The molecule has 0 spiro atoms. The minimum Gasteiger partial charge on any atom is -0.313 e. The van der Waals surface area contributed by atoms with Crippen LogP contribution in [0.3, 0.4) is 0 Å². The molecule has 1 N–H and O–H groups in total.